The highest BCUT2D eigenvalue weighted by Gasteiger charge is 2.24. The minimum Gasteiger partial charge on any atom is -0.464 e. The van der Waals surface area contributed by atoms with Crippen molar-refractivity contribution in [3.8, 4) is 11.5 Å². The summed E-state index contributed by atoms with van der Waals surface area (Å²) in [6.07, 6.45) is 3.00. The lowest BCUT2D eigenvalue weighted by atomic mass is 10.1. The third-order valence-electron chi connectivity index (χ3n) is 7.02. The highest BCUT2D eigenvalue weighted by atomic mass is 35.5. The van der Waals surface area contributed by atoms with Crippen LogP contribution < -0.4 is 14.9 Å². The second kappa shape index (κ2) is 12.5. The lowest BCUT2D eigenvalue weighted by molar-refractivity contribution is -0.133. The Balaban J connectivity index is 1.45. The molecule has 0 saturated carbocycles. The van der Waals surface area contributed by atoms with Gasteiger partial charge in [-0.1, -0.05) is 48.7 Å². The quantitative estimate of drug-likeness (QED) is 0.232. The van der Waals surface area contributed by atoms with E-state index >= 15 is 0 Å². The van der Waals surface area contributed by atoms with Gasteiger partial charge in [-0.2, -0.15) is 0 Å². The standard InChI is InChI=1S/C32H31ClN2O6/c1-3-4-13-34(32(38)23-8-5-21(2)6-9-23)18-30(36)35(16-22-7-11-28-29(14-22)41-20-40-28)17-24-19-39-27-12-10-25(33)15-26(27)31(24)37/h5-12,14-15,19H,3-4,13,16-18,20H2,1-2H3. The molecule has 3 aromatic carbocycles. The number of amides is 2. The van der Waals surface area contributed by atoms with Gasteiger partial charge in [0.05, 0.1) is 23.8 Å². The first-order valence-corrected chi connectivity index (χ1v) is 13.9. The summed E-state index contributed by atoms with van der Waals surface area (Å²) < 4.78 is 16.7. The maximum absolute atomic E-state index is 13.9. The van der Waals surface area contributed by atoms with Crippen molar-refractivity contribution in [2.24, 2.45) is 0 Å². The van der Waals surface area contributed by atoms with Gasteiger partial charge in [0, 0.05) is 23.7 Å². The number of carbonyl (C=O) groups excluding carboxylic acids is 2. The van der Waals surface area contributed by atoms with Crippen LogP contribution >= 0.6 is 11.6 Å². The van der Waals surface area contributed by atoms with Gasteiger partial charge in [-0.05, 0) is 61.4 Å². The Hall–Kier alpha value is -4.30. The van der Waals surface area contributed by atoms with E-state index in [1.54, 1.807) is 46.2 Å². The van der Waals surface area contributed by atoms with E-state index < -0.39 is 0 Å². The summed E-state index contributed by atoms with van der Waals surface area (Å²) in [7, 11) is 0. The number of carbonyl (C=O) groups is 2. The smallest absolute Gasteiger partial charge is 0.254 e. The van der Waals surface area contributed by atoms with Crippen molar-refractivity contribution in [3.05, 3.63) is 104 Å². The molecule has 2 heterocycles. The molecule has 1 aromatic heterocycles. The van der Waals surface area contributed by atoms with E-state index in [1.807, 2.05) is 38.1 Å². The summed E-state index contributed by atoms with van der Waals surface area (Å²) >= 11 is 6.14. The average molecular weight is 575 g/mol. The van der Waals surface area contributed by atoms with Gasteiger partial charge >= 0.3 is 0 Å². The lowest BCUT2D eigenvalue weighted by Crippen LogP contribution is -2.43. The number of halogens is 1. The fraction of sp³-hybridized carbons (Fsp3) is 0.281. The fourth-order valence-electron chi connectivity index (χ4n) is 4.69. The zero-order valence-corrected chi connectivity index (χ0v) is 23.8. The number of unbranched alkanes of at least 4 members (excludes halogenated alkanes) is 1. The van der Waals surface area contributed by atoms with Crippen molar-refractivity contribution < 1.29 is 23.5 Å². The molecule has 4 aromatic rings. The van der Waals surface area contributed by atoms with Crippen LogP contribution in [0.15, 0.2) is 76.1 Å². The molecule has 2 amide bonds. The molecular formula is C32H31ClN2O6. The molecule has 0 radical (unpaired) electrons. The largest absolute Gasteiger partial charge is 0.464 e. The normalized spacial score (nSPS) is 12.0. The molecule has 41 heavy (non-hydrogen) atoms. The Kier molecular flexibility index (Phi) is 8.59. The maximum atomic E-state index is 13.9. The van der Waals surface area contributed by atoms with E-state index in [1.165, 1.54) is 6.26 Å². The molecule has 0 saturated heterocycles. The van der Waals surface area contributed by atoms with Crippen molar-refractivity contribution in [2.45, 2.75) is 39.8 Å². The van der Waals surface area contributed by atoms with Crippen molar-refractivity contribution in [2.75, 3.05) is 19.9 Å². The highest BCUT2D eigenvalue weighted by Crippen LogP contribution is 2.33. The molecule has 0 spiro atoms. The Morgan fingerprint density at radius 3 is 2.49 bits per heavy atom. The first-order valence-electron chi connectivity index (χ1n) is 13.5. The van der Waals surface area contributed by atoms with Gasteiger partial charge in [-0.25, -0.2) is 0 Å². The number of aryl methyl sites for hydroxylation is 1. The van der Waals surface area contributed by atoms with E-state index in [2.05, 4.69) is 0 Å². The van der Waals surface area contributed by atoms with E-state index in [9.17, 15) is 14.4 Å². The predicted molar refractivity (Wildman–Crippen MR) is 156 cm³/mol. The van der Waals surface area contributed by atoms with Crippen molar-refractivity contribution in [1.82, 2.24) is 9.80 Å². The zero-order valence-electron chi connectivity index (χ0n) is 23.0. The van der Waals surface area contributed by atoms with Gasteiger partial charge in [0.1, 0.15) is 12.1 Å². The molecule has 9 heteroatoms. The number of fused-ring (bicyclic) bond motifs is 2. The molecule has 0 atom stereocenters. The molecular weight excluding hydrogens is 544 g/mol. The molecule has 0 unspecified atom stereocenters. The van der Waals surface area contributed by atoms with E-state index in [4.69, 9.17) is 25.5 Å². The topological polar surface area (TPSA) is 89.3 Å². The van der Waals surface area contributed by atoms with E-state index in [-0.39, 0.29) is 43.7 Å². The molecule has 8 nitrogen and oxygen atoms in total. The van der Waals surface area contributed by atoms with Crippen LogP contribution in [0, 0.1) is 6.92 Å². The van der Waals surface area contributed by atoms with Gasteiger partial charge in [0.25, 0.3) is 5.91 Å². The molecule has 1 aliphatic heterocycles. The van der Waals surface area contributed by atoms with Crippen molar-refractivity contribution in [1.29, 1.82) is 0 Å². The Morgan fingerprint density at radius 2 is 1.71 bits per heavy atom. The molecule has 212 valence electrons. The average Bonchev–Trinajstić information content (AvgIpc) is 3.44. The Bertz CT molecular complexity index is 1630. The number of hydrogen-bond donors (Lipinski definition) is 0. The third-order valence-corrected chi connectivity index (χ3v) is 7.26. The van der Waals surface area contributed by atoms with Gasteiger partial charge in [-0.15, -0.1) is 0 Å². The summed E-state index contributed by atoms with van der Waals surface area (Å²) in [5, 5.41) is 0.751. The fourth-order valence-corrected chi connectivity index (χ4v) is 4.87. The van der Waals surface area contributed by atoms with Crippen LogP contribution in [0.4, 0.5) is 0 Å². The van der Waals surface area contributed by atoms with Crippen molar-refractivity contribution in [3.63, 3.8) is 0 Å². The summed E-state index contributed by atoms with van der Waals surface area (Å²) in [5.74, 6) is 0.710. The summed E-state index contributed by atoms with van der Waals surface area (Å²) in [6.45, 7) is 4.59. The maximum Gasteiger partial charge on any atom is 0.254 e. The number of ether oxygens (including phenoxy) is 2. The second-order valence-corrected chi connectivity index (χ2v) is 10.6. The minimum atomic E-state index is -0.301. The summed E-state index contributed by atoms with van der Waals surface area (Å²) in [6, 6.07) is 17.6. The second-order valence-electron chi connectivity index (χ2n) is 10.1. The van der Waals surface area contributed by atoms with Crippen LogP contribution in [-0.4, -0.2) is 41.5 Å². The van der Waals surface area contributed by atoms with E-state index in [0.29, 0.717) is 45.2 Å². The zero-order chi connectivity index (χ0) is 28.9. The first kappa shape index (κ1) is 28.2. The SMILES string of the molecule is CCCCN(CC(=O)N(Cc1ccc2c(c1)OCO2)Cc1coc2ccc(Cl)cc2c1=O)C(=O)c1ccc(C)cc1. The van der Waals surface area contributed by atoms with Crippen LogP contribution in [0.25, 0.3) is 11.0 Å². The van der Waals surface area contributed by atoms with Crippen LogP contribution in [0.1, 0.15) is 46.8 Å². The van der Waals surface area contributed by atoms with E-state index in [0.717, 1.165) is 24.0 Å². The molecule has 1 aliphatic rings. The molecule has 5 rings (SSSR count). The molecule has 0 aliphatic carbocycles. The number of hydrogen-bond acceptors (Lipinski definition) is 6. The number of nitrogens with zero attached hydrogens (tertiary/aromatic N) is 2. The Morgan fingerprint density at radius 1 is 0.927 bits per heavy atom. The number of rotatable bonds is 10. The van der Waals surface area contributed by atoms with Crippen LogP contribution in [0.3, 0.4) is 0 Å². The lowest BCUT2D eigenvalue weighted by Gasteiger charge is -2.28. The first-order chi connectivity index (χ1) is 19.8. The Labute approximate surface area is 243 Å². The van der Waals surface area contributed by atoms with Crippen molar-refractivity contribution >= 4 is 34.4 Å². The molecule has 0 N–H and O–H groups in total. The third kappa shape index (κ3) is 6.55. The van der Waals surface area contributed by atoms with Gasteiger partial charge in [-0.3, -0.25) is 14.4 Å². The van der Waals surface area contributed by atoms with Gasteiger partial charge in [0.2, 0.25) is 12.7 Å². The van der Waals surface area contributed by atoms with Crippen LogP contribution in [0.2, 0.25) is 5.02 Å². The molecule has 0 bridgehead atoms. The predicted octanol–water partition coefficient (Wildman–Crippen LogP) is 5.95. The van der Waals surface area contributed by atoms with Gasteiger partial charge < -0.3 is 23.7 Å². The summed E-state index contributed by atoms with van der Waals surface area (Å²) in [5.41, 5.74) is 2.80. The molecule has 0 fully saturated rings. The monoisotopic (exact) mass is 574 g/mol. The van der Waals surface area contributed by atoms with Gasteiger partial charge in [0.15, 0.2) is 16.9 Å². The highest BCUT2D eigenvalue weighted by molar-refractivity contribution is 6.31. The van der Waals surface area contributed by atoms with Crippen LogP contribution in [-0.2, 0) is 17.9 Å². The summed E-state index contributed by atoms with van der Waals surface area (Å²) in [4.78, 5) is 43.8. The minimum absolute atomic E-state index is 0.0155. The number of benzene rings is 3. The van der Waals surface area contributed by atoms with Crippen LogP contribution in [0.5, 0.6) is 11.5 Å².